The molecular formula is C17H23NO2. The molecule has 1 unspecified atom stereocenters. The van der Waals surface area contributed by atoms with Crippen LogP contribution in [0.1, 0.15) is 37.6 Å². The van der Waals surface area contributed by atoms with Gasteiger partial charge in [-0.1, -0.05) is 12.1 Å². The lowest BCUT2D eigenvalue weighted by molar-refractivity contribution is 0.413. The highest BCUT2D eigenvalue weighted by molar-refractivity contribution is 5.28. The van der Waals surface area contributed by atoms with Gasteiger partial charge < -0.3 is 14.5 Å². The van der Waals surface area contributed by atoms with Crippen LogP contribution in [0.4, 0.5) is 0 Å². The molecule has 3 heteroatoms. The van der Waals surface area contributed by atoms with E-state index in [1.165, 1.54) is 5.56 Å². The predicted molar refractivity (Wildman–Crippen MR) is 81.0 cm³/mol. The van der Waals surface area contributed by atoms with E-state index < -0.39 is 0 Å². The maximum Gasteiger partial charge on any atom is 0.118 e. The first kappa shape index (κ1) is 14.7. The molecule has 0 aliphatic rings. The highest BCUT2D eigenvalue weighted by Crippen LogP contribution is 2.18. The molecule has 0 saturated heterocycles. The summed E-state index contributed by atoms with van der Waals surface area (Å²) >= 11 is 0. The van der Waals surface area contributed by atoms with Crippen molar-refractivity contribution >= 4 is 0 Å². The first-order valence-electron chi connectivity index (χ1n) is 7.11. The zero-order valence-corrected chi connectivity index (χ0v) is 12.4. The molecule has 0 aliphatic carbocycles. The molecule has 0 radical (unpaired) electrons. The largest absolute Gasteiger partial charge is 0.497 e. The van der Waals surface area contributed by atoms with Gasteiger partial charge in [0.1, 0.15) is 11.5 Å². The van der Waals surface area contributed by atoms with Gasteiger partial charge in [-0.2, -0.15) is 0 Å². The van der Waals surface area contributed by atoms with Gasteiger partial charge in [0.2, 0.25) is 0 Å². The Morgan fingerprint density at radius 1 is 1.15 bits per heavy atom. The Morgan fingerprint density at radius 3 is 2.50 bits per heavy atom. The fourth-order valence-corrected chi connectivity index (χ4v) is 2.31. The van der Waals surface area contributed by atoms with E-state index in [9.17, 15) is 0 Å². The molecule has 1 N–H and O–H groups in total. The van der Waals surface area contributed by atoms with Crippen molar-refractivity contribution in [1.29, 1.82) is 0 Å². The smallest absolute Gasteiger partial charge is 0.118 e. The van der Waals surface area contributed by atoms with Crippen LogP contribution in [0.15, 0.2) is 47.1 Å². The van der Waals surface area contributed by atoms with Crippen molar-refractivity contribution < 1.29 is 9.15 Å². The summed E-state index contributed by atoms with van der Waals surface area (Å²) in [6.45, 7) is 4.40. The van der Waals surface area contributed by atoms with Gasteiger partial charge in [-0.3, -0.25) is 0 Å². The van der Waals surface area contributed by atoms with Crippen LogP contribution in [0, 0.1) is 0 Å². The van der Waals surface area contributed by atoms with Crippen LogP contribution in [-0.4, -0.2) is 13.2 Å². The van der Waals surface area contributed by atoms with E-state index >= 15 is 0 Å². The monoisotopic (exact) mass is 273 g/mol. The number of hydrogen-bond donors (Lipinski definition) is 1. The van der Waals surface area contributed by atoms with Gasteiger partial charge in [0.15, 0.2) is 0 Å². The number of nitrogens with one attached hydrogen (secondary N) is 1. The number of benzene rings is 1. The zero-order chi connectivity index (χ0) is 14.4. The summed E-state index contributed by atoms with van der Waals surface area (Å²) in [6, 6.07) is 12.9. The fraction of sp³-hybridized carbons (Fsp3) is 0.412. The average molecular weight is 273 g/mol. The second kappa shape index (κ2) is 7.15. The maximum absolute atomic E-state index is 5.36. The summed E-state index contributed by atoms with van der Waals surface area (Å²) in [5.41, 5.74) is 1.27. The fourth-order valence-electron chi connectivity index (χ4n) is 2.31. The van der Waals surface area contributed by atoms with Gasteiger partial charge in [-0.15, -0.1) is 0 Å². The number of ether oxygens (including phenoxy) is 1. The summed E-state index contributed by atoms with van der Waals surface area (Å²) in [4.78, 5) is 0. The molecule has 0 aliphatic heterocycles. The van der Waals surface area contributed by atoms with Gasteiger partial charge in [0.05, 0.1) is 13.4 Å². The zero-order valence-electron chi connectivity index (χ0n) is 12.4. The van der Waals surface area contributed by atoms with E-state index in [-0.39, 0.29) is 0 Å². The summed E-state index contributed by atoms with van der Waals surface area (Å²) in [6.07, 6.45) is 3.76. The summed E-state index contributed by atoms with van der Waals surface area (Å²) in [5.74, 6) is 1.95. The Balaban J connectivity index is 1.81. The molecule has 108 valence electrons. The molecule has 0 spiro atoms. The van der Waals surface area contributed by atoms with E-state index in [1.54, 1.807) is 13.4 Å². The molecule has 0 saturated carbocycles. The van der Waals surface area contributed by atoms with Crippen molar-refractivity contribution in [1.82, 2.24) is 5.32 Å². The molecule has 0 bridgehead atoms. The predicted octanol–water partition coefficient (Wildman–Crippen LogP) is 3.96. The molecule has 2 rings (SSSR count). The molecule has 0 fully saturated rings. The lowest BCUT2D eigenvalue weighted by Crippen LogP contribution is -2.29. The lowest BCUT2D eigenvalue weighted by atomic mass is 10.1. The van der Waals surface area contributed by atoms with E-state index in [1.807, 2.05) is 24.3 Å². The first-order valence-corrected chi connectivity index (χ1v) is 7.11. The maximum atomic E-state index is 5.36. The third-order valence-corrected chi connectivity index (χ3v) is 3.55. The Bertz CT molecular complexity index is 490. The third-order valence-electron chi connectivity index (χ3n) is 3.55. The van der Waals surface area contributed by atoms with Crippen molar-refractivity contribution in [2.45, 2.75) is 38.8 Å². The summed E-state index contributed by atoms with van der Waals surface area (Å²) in [5, 5.41) is 3.61. The second-order valence-corrected chi connectivity index (χ2v) is 5.18. The normalized spacial score (nSPS) is 13.9. The Kier molecular flexibility index (Phi) is 5.24. The second-order valence-electron chi connectivity index (χ2n) is 5.18. The number of aryl methyl sites for hydroxylation is 1. The van der Waals surface area contributed by atoms with Crippen LogP contribution in [0.2, 0.25) is 0 Å². The topological polar surface area (TPSA) is 34.4 Å². The van der Waals surface area contributed by atoms with Crippen molar-refractivity contribution in [3.8, 4) is 5.75 Å². The number of hydrogen-bond acceptors (Lipinski definition) is 3. The molecule has 3 nitrogen and oxygen atoms in total. The molecular weight excluding hydrogens is 250 g/mol. The highest BCUT2D eigenvalue weighted by Gasteiger charge is 2.10. The lowest BCUT2D eigenvalue weighted by Gasteiger charge is -2.20. The standard InChI is InChI=1S/C17H23NO2/c1-13(6-9-17-5-4-12-20-17)18-14(2)15-7-10-16(19-3)11-8-15/h4-5,7-8,10-14,18H,6,9H2,1-3H3/t13?,14-/m0/s1. The minimum atomic E-state index is 0.326. The minimum Gasteiger partial charge on any atom is -0.497 e. The Morgan fingerprint density at radius 2 is 1.90 bits per heavy atom. The highest BCUT2D eigenvalue weighted by atomic mass is 16.5. The molecule has 1 heterocycles. The van der Waals surface area contributed by atoms with Gasteiger partial charge in [0, 0.05) is 18.5 Å². The van der Waals surface area contributed by atoms with Gasteiger partial charge in [0.25, 0.3) is 0 Å². The van der Waals surface area contributed by atoms with Crippen LogP contribution in [0.3, 0.4) is 0 Å². The molecule has 0 amide bonds. The van der Waals surface area contributed by atoms with Crippen LogP contribution in [0.5, 0.6) is 5.75 Å². The molecule has 2 aromatic rings. The van der Waals surface area contributed by atoms with Crippen molar-refractivity contribution in [2.75, 3.05) is 7.11 Å². The van der Waals surface area contributed by atoms with Crippen LogP contribution in [-0.2, 0) is 6.42 Å². The number of methoxy groups -OCH3 is 1. The van der Waals surface area contributed by atoms with Gasteiger partial charge >= 0.3 is 0 Å². The molecule has 1 aromatic heterocycles. The van der Waals surface area contributed by atoms with Crippen LogP contribution >= 0.6 is 0 Å². The molecule has 2 atom stereocenters. The molecule has 1 aromatic carbocycles. The van der Waals surface area contributed by atoms with Crippen LogP contribution < -0.4 is 10.1 Å². The molecule has 20 heavy (non-hydrogen) atoms. The van der Waals surface area contributed by atoms with E-state index in [2.05, 4.69) is 31.3 Å². The SMILES string of the molecule is COc1ccc([C@H](C)NC(C)CCc2ccco2)cc1. The van der Waals surface area contributed by atoms with Gasteiger partial charge in [-0.25, -0.2) is 0 Å². The average Bonchev–Trinajstić information content (AvgIpc) is 2.98. The van der Waals surface area contributed by atoms with Gasteiger partial charge in [-0.05, 0) is 50.1 Å². The Labute approximate surface area is 121 Å². The number of rotatable bonds is 7. The van der Waals surface area contributed by atoms with Crippen molar-refractivity contribution in [2.24, 2.45) is 0 Å². The van der Waals surface area contributed by atoms with Crippen molar-refractivity contribution in [3.05, 3.63) is 54.0 Å². The van der Waals surface area contributed by atoms with Crippen molar-refractivity contribution in [3.63, 3.8) is 0 Å². The first-order chi connectivity index (χ1) is 9.69. The minimum absolute atomic E-state index is 0.326. The summed E-state index contributed by atoms with van der Waals surface area (Å²) < 4.78 is 10.5. The van der Waals surface area contributed by atoms with Crippen LogP contribution in [0.25, 0.3) is 0 Å². The van der Waals surface area contributed by atoms with E-state index in [0.717, 1.165) is 24.4 Å². The Hall–Kier alpha value is -1.74. The third kappa shape index (κ3) is 4.14. The number of furan rings is 1. The quantitative estimate of drug-likeness (QED) is 0.829. The van der Waals surface area contributed by atoms with E-state index in [4.69, 9.17) is 9.15 Å². The summed E-state index contributed by atoms with van der Waals surface area (Å²) in [7, 11) is 1.69. The van der Waals surface area contributed by atoms with E-state index in [0.29, 0.717) is 12.1 Å².